The van der Waals surface area contributed by atoms with Crippen LogP contribution in [0.1, 0.15) is 54.4 Å². The van der Waals surface area contributed by atoms with Crippen LogP contribution in [0.5, 0.6) is 0 Å². The largest absolute Gasteiger partial charge is 0.0882 e. The van der Waals surface area contributed by atoms with Gasteiger partial charge in [0.05, 0.1) is 0 Å². The zero-order valence-corrected chi connectivity index (χ0v) is 10.2. The summed E-state index contributed by atoms with van der Waals surface area (Å²) in [5.74, 6) is 2.41. The highest BCUT2D eigenvalue weighted by Crippen LogP contribution is 2.22. The van der Waals surface area contributed by atoms with Crippen molar-refractivity contribution in [1.29, 1.82) is 0 Å². The van der Waals surface area contributed by atoms with Crippen LogP contribution in [0, 0.1) is 17.8 Å². The first-order chi connectivity index (χ1) is 5.99. The first-order valence-corrected chi connectivity index (χ1v) is 5.64. The molecule has 78 valence electrons. The molecule has 0 aliphatic heterocycles. The second-order valence-corrected chi connectivity index (χ2v) is 4.78. The van der Waals surface area contributed by atoms with E-state index in [1.54, 1.807) is 5.57 Å². The van der Waals surface area contributed by atoms with Gasteiger partial charge in [0.1, 0.15) is 0 Å². The minimum Gasteiger partial charge on any atom is -0.0882 e. The van der Waals surface area contributed by atoms with E-state index in [2.05, 4.69) is 47.6 Å². The Morgan fingerprint density at radius 2 is 1.62 bits per heavy atom. The Kier molecular flexibility index (Phi) is 6.11. The fourth-order valence-electron chi connectivity index (χ4n) is 1.49. The van der Waals surface area contributed by atoms with Crippen molar-refractivity contribution in [1.82, 2.24) is 0 Å². The van der Waals surface area contributed by atoms with E-state index in [9.17, 15) is 0 Å². The van der Waals surface area contributed by atoms with Crippen LogP contribution in [0.3, 0.4) is 0 Å². The summed E-state index contributed by atoms with van der Waals surface area (Å²) in [5.41, 5.74) is 1.62. The van der Waals surface area contributed by atoms with Gasteiger partial charge in [-0.3, -0.25) is 0 Å². The van der Waals surface area contributed by atoms with Gasteiger partial charge in [-0.2, -0.15) is 0 Å². The predicted octanol–water partition coefficient (Wildman–Crippen LogP) is 4.66. The highest BCUT2D eigenvalue weighted by atomic mass is 14.1. The first-order valence-electron chi connectivity index (χ1n) is 5.64. The summed E-state index contributed by atoms with van der Waals surface area (Å²) in [6.45, 7) is 13.7. The molecule has 13 heavy (non-hydrogen) atoms. The fraction of sp³-hybridized carbons (Fsp3) is 0.846. The van der Waals surface area contributed by atoms with Gasteiger partial charge in [-0.15, -0.1) is 0 Å². The molecule has 0 radical (unpaired) electrons. The molecule has 0 aromatic heterocycles. The third-order valence-electron chi connectivity index (χ3n) is 3.14. The Morgan fingerprint density at radius 3 is 1.92 bits per heavy atom. The predicted molar refractivity (Wildman–Crippen MR) is 61.8 cm³/mol. The summed E-state index contributed by atoms with van der Waals surface area (Å²) in [5, 5.41) is 0. The fourth-order valence-corrected chi connectivity index (χ4v) is 1.49. The number of allylic oxidation sites excluding steroid dienone is 2. The zero-order chi connectivity index (χ0) is 10.4. The molecule has 0 bridgehead atoms. The van der Waals surface area contributed by atoms with Gasteiger partial charge in [-0.25, -0.2) is 0 Å². The molecule has 1 atom stereocenters. The molecule has 0 fully saturated rings. The Morgan fingerprint density at radius 1 is 1.08 bits per heavy atom. The number of rotatable bonds is 5. The lowest BCUT2D eigenvalue weighted by Crippen LogP contribution is -2.05. The van der Waals surface area contributed by atoms with Gasteiger partial charge in [0.25, 0.3) is 0 Å². The SMILES string of the molecule is C/C=C(/CC[C@@H](C)C(C)C)C(C)C. The topological polar surface area (TPSA) is 0 Å². The van der Waals surface area contributed by atoms with Gasteiger partial charge in [0.2, 0.25) is 0 Å². The third kappa shape index (κ3) is 5.13. The van der Waals surface area contributed by atoms with Crippen molar-refractivity contribution < 1.29 is 0 Å². The van der Waals surface area contributed by atoms with E-state index in [1.165, 1.54) is 12.8 Å². The van der Waals surface area contributed by atoms with Gasteiger partial charge >= 0.3 is 0 Å². The Bertz CT molecular complexity index is 151. The molecule has 0 rings (SSSR count). The smallest absolute Gasteiger partial charge is 0.0260 e. The van der Waals surface area contributed by atoms with Gasteiger partial charge in [0.15, 0.2) is 0 Å². The van der Waals surface area contributed by atoms with Crippen molar-refractivity contribution in [2.75, 3.05) is 0 Å². The van der Waals surface area contributed by atoms with E-state index in [-0.39, 0.29) is 0 Å². The molecule has 0 saturated carbocycles. The summed E-state index contributed by atoms with van der Waals surface area (Å²) in [6.07, 6.45) is 4.92. The molecule has 0 nitrogen and oxygen atoms in total. The van der Waals surface area contributed by atoms with Crippen LogP contribution >= 0.6 is 0 Å². The van der Waals surface area contributed by atoms with Gasteiger partial charge in [-0.1, -0.05) is 46.3 Å². The summed E-state index contributed by atoms with van der Waals surface area (Å²) in [6, 6.07) is 0. The average molecular weight is 182 g/mol. The summed E-state index contributed by atoms with van der Waals surface area (Å²) in [4.78, 5) is 0. The Balaban J connectivity index is 3.87. The van der Waals surface area contributed by atoms with Crippen molar-refractivity contribution in [3.05, 3.63) is 11.6 Å². The van der Waals surface area contributed by atoms with E-state index in [4.69, 9.17) is 0 Å². The van der Waals surface area contributed by atoms with E-state index >= 15 is 0 Å². The molecule has 0 saturated heterocycles. The van der Waals surface area contributed by atoms with Gasteiger partial charge < -0.3 is 0 Å². The molecule has 0 spiro atoms. The molecule has 0 amide bonds. The second-order valence-electron chi connectivity index (χ2n) is 4.78. The van der Waals surface area contributed by atoms with Crippen LogP contribution < -0.4 is 0 Å². The molecule has 0 aromatic rings. The van der Waals surface area contributed by atoms with Crippen molar-refractivity contribution in [2.24, 2.45) is 17.8 Å². The maximum Gasteiger partial charge on any atom is -0.0260 e. The highest BCUT2D eigenvalue weighted by Gasteiger charge is 2.09. The lowest BCUT2D eigenvalue weighted by atomic mass is 9.88. The standard InChI is InChI=1S/C13H26/c1-7-13(11(4)5)9-8-12(6)10(2)3/h7,10-12H,8-9H2,1-6H3/b13-7-/t12-/m1/s1. The van der Waals surface area contributed by atoms with E-state index in [0.29, 0.717) is 0 Å². The molecular formula is C13H26. The van der Waals surface area contributed by atoms with Crippen LogP contribution in [-0.4, -0.2) is 0 Å². The maximum atomic E-state index is 2.36. The van der Waals surface area contributed by atoms with Gasteiger partial charge in [-0.05, 0) is 37.5 Å². The second kappa shape index (κ2) is 6.23. The quantitative estimate of drug-likeness (QED) is 0.542. The van der Waals surface area contributed by atoms with Crippen LogP contribution in [0.4, 0.5) is 0 Å². The minimum absolute atomic E-state index is 0.726. The molecule has 0 heterocycles. The van der Waals surface area contributed by atoms with E-state index < -0.39 is 0 Å². The number of hydrogen-bond donors (Lipinski definition) is 0. The monoisotopic (exact) mass is 182 g/mol. The van der Waals surface area contributed by atoms with Crippen LogP contribution in [-0.2, 0) is 0 Å². The van der Waals surface area contributed by atoms with Crippen molar-refractivity contribution >= 4 is 0 Å². The molecular weight excluding hydrogens is 156 g/mol. The highest BCUT2D eigenvalue weighted by molar-refractivity contribution is 5.03. The van der Waals surface area contributed by atoms with Gasteiger partial charge in [0, 0.05) is 0 Å². The molecule has 0 N–H and O–H groups in total. The molecule has 0 heteroatoms. The van der Waals surface area contributed by atoms with Crippen molar-refractivity contribution in [2.45, 2.75) is 54.4 Å². The number of hydrogen-bond acceptors (Lipinski definition) is 0. The van der Waals surface area contributed by atoms with Crippen molar-refractivity contribution in [3.63, 3.8) is 0 Å². The molecule has 0 aliphatic rings. The van der Waals surface area contributed by atoms with Crippen molar-refractivity contribution in [3.8, 4) is 0 Å². The van der Waals surface area contributed by atoms with Crippen LogP contribution in [0.15, 0.2) is 11.6 Å². The third-order valence-corrected chi connectivity index (χ3v) is 3.14. The summed E-state index contributed by atoms with van der Waals surface area (Å²) >= 11 is 0. The molecule has 0 aromatic carbocycles. The normalized spacial score (nSPS) is 15.5. The first kappa shape index (κ1) is 12.7. The van der Waals surface area contributed by atoms with E-state index in [0.717, 1.165) is 17.8 Å². The maximum absolute atomic E-state index is 2.36. The van der Waals surface area contributed by atoms with E-state index in [1.807, 2.05) is 0 Å². The summed E-state index contributed by atoms with van der Waals surface area (Å²) in [7, 11) is 0. The summed E-state index contributed by atoms with van der Waals surface area (Å²) < 4.78 is 0. The Hall–Kier alpha value is -0.260. The average Bonchev–Trinajstić information content (AvgIpc) is 2.04. The lowest BCUT2D eigenvalue weighted by Gasteiger charge is -2.17. The minimum atomic E-state index is 0.726. The molecule has 0 aliphatic carbocycles. The molecule has 0 unspecified atom stereocenters. The Labute approximate surface area is 84.4 Å². The zero-order valence-electron chi connectivity index (χ0n) is 10.2. The lowest BCUT2D eigenvalue weighted by molar-refractivity contribution is 0.388. The van der Waals surface area contributed by atoms with Crippen LogP contribution in [0.25, 0.3) is 0 Å². The van der Waals surface area contributed by atoms with Crippen LogP contribution in [0.2, 0.25) is 0 Å².